The lowest BCUT2D eigenvalue weighted by Crippen LogP contribution is -2.11. The molecule has 98 valence electrons. The molecule has 2 N–H and O–H groups in total. The number of benzene rings is 1. The summed E-state index contributed by atoms with van der Waals surface area (Å²) in [5.41, 5.74) is 0.331. The summed E-state index contributed by atoms with van der Waals surface area (Å²) in [7, 11) is 0. The topological polar surface area (TPSA) is 92.3 Å². The summed E-state index contributed by atoms with van der Waals surface area (Å²) in [4.78, 5) is 28.4. The molecule has 0 spiro atoms. The maximum Gasteiger partial charge on any atom is 0.307 e. The van der Waals surface area contributed by atoms with Crippen LogP contribution in [0.4, 0.5) is 0 Å². The number of rotatable bonds is 4. The van der Waals surface area contributed by atoms with E-state index in [0.717, 1.165) is 0 Å². The van der Waals surface area contributed by atoms with Gasteiger partial charge < -0.3 is 14.8 Å². The van der Waals surface area contributed by atoms with E-state index in [-0.39, 0.29) is 17.9 Å². The number of halogens is 1. The van der Waals surface area contributed by atoms with Crippen LogP contribution in [0.15, 0.2) is 35.4 Å². The minimum Gasteiger partial charge on any atom is -0.481 e. The zero-order valence-corrected chi connectivity index (χ0v) is 11.7. The lowest BCUT2D eigenvalue weighted by Gasteiger charge is -2.06. The highest BCUT2D eigenvalue weighted by Crippen LogP contribution is 2.22. The lowest BCUT2D eigenvalue weighted by molar-refractivity contribution is -0.136. The number of H-pyrrole nitrogens is 1. The SMILES string of the molecule is O=C(O)Cc1cccc(Oc2nc[nH]c(=O)c2I)c1. The van der Waals surface area contributed by atoms with E-state index in [1.165, 1.54) is 6.33 Å². The molecule has 0 fully saturated rings. The molecule has 0 amide bonds. The van der Waals surface area contributed by atoms with Gasteiger partial charge in [0.15, 0.2) is 0 Å². The largest absolute Gasteiger partial charge is 0.481 e. The van der Waals surface area contributed by atoms with Gasteiger partial charge in [-0.3, -0.25) is 9.59 Å². The second kappa shape index (κ2) is 5.83. The Morgan fingerprint density at radius 2 is 2.26 bits per heavy atom. The number of nitrogens with one attached hydrogen (secondary N) is 1. The Labute approximate surface area is 121 Å². The first-order valence-corrected chi connectivity index (χ1v) is 6.36. The highest BCUT2D eigenvalue weighted by Gasteiger charge is 2.08. The van der Waals surface area contributed by atoms with Crippen LogP contribution in [-0.4, -0.2) is 21.0 Å². The van der Waals surface area contributed by atoms with Crippen molar-refractivity contribution in [3.05, 3.63) is 50.1 Å². The standard InChI is InChI=1S/C12H9IN2O4/c13-10-11(18)14-6-15-12(10)19-8-3-1-2-7(4-8)5-9(16)17/h1-4,6H,5H2,(H,16,17)(H,14,15,18). The van der Waals surface area contributed by atoms with Crippen molar-refractivity contribution >= 4 is 28.6 Å². The first-order chi connectivity index (χ1) is 9.06. The van der Waals surface area contributed by atoms with E-state index in [0.29, 0.717) is 14.9 Å². The number of aliphatic carboxylic acids is 1. The van der Waals surface area contributed by atoms with Gasteiger partial charge in [-0.05, 0) is 40.3 Å². The van der Waals surface area contributed by atoms with E-state index in [9.17, 15) is 9.59 Å². The third-order valence-electron chi connectivity index (χ3n) is 2.23. The molecule has 0 unspecified atom stereocenters. The number of hydrogen-bond acceptors (Lipinski definition) is 4. The molecule has 2 rings (SSSR count). The van der Waals surface area contributed by atoms with E-state index < -0.39 is 5.97 Å². The Bertz CT molecular complexity index is 669. The molecule has 1 aromatic carbocycles. The fraction of sp³-hybridized carbons (Fsp3) is 0.0833. The molecule has 0 aliphatic heterocycles. The zero-order valence-electron chi connectivity index (χ0n) is 9.59. The van der Waals surface area contributed by atoms with Crippen LogP contribution < -0.4 is 10.3 Å². The summed E-state index contributed by atoms with van der Waals surface area (Å²) in [6, 6.07) is 6.65. The van der Waals surface area contributed by atoms with Gasteiger partial charge in [-0.15, -0.1) is 0 Å². The molecule has 1 aromatic heterocycles. The number of ether oxygens (including phenoxy) is 1. The molecule has 0 saturated heterocycles. The van der Waals surface area contributed by atoms with Crippen LogP contribution in [0.2, 0.25) is 0 Å². The van der Waals surface area contributed by atoms with Crippen molar-refractivity contribution in [2.45, 2.75) is 6.42 Å². The maximum absolute atomic E-state index is 11.4. The summed E-state index contributed by atoms with van der Waals surface area (Å²) >= 11 is 1.83. The van der Waals surface area contributed by atoms with Crippen molar-refractivity contribution in [3.63, 3.8) is 0 Å². The number of carboxylic acid groups (broad SMARTS) is 1. The molecule has 0 bridgehead atoms. The van der Waals surface area contributed by atoms with Gasteiger partial charge in [-0.25, -0.2) is 4.98 Å². The van der Waals surface area contributed by atoms with Crippen LogP contribution in [0.5, 0.6) is 11.6 Å². The smallest absolute Gasteiger partial charge is 0.307 e. The van der Waals surface area contributed by atoms with Crippen LogP contribution in [0.3, 0.4) is 0 Å². The Kier molecular flexibility index (Phi) is 4.15. The summed E-state index contributed by atoms with van der Waals surface area (Å²) < 4.78 is 5.82. The molecule has 0 atom stereocenters. The molecule has 7 heteroatoms. The predicted octanol–water partition coefficient (Wildman–Crippen LogP) is 1.79. The van der Waals surface area contributed by atoms with Crippen LogP contribution in [0, 0.1) is 3.57 Å². The first kappa shape index (κ1) is 13.5. The van der Waals surface area contributed by atoms with Crippen molar-refractivity contribution in [3.8, 4) is 11.6 Å². The average Bonchev–Trinajstić information content (AvgIpc) is 2.35. The van der Waals surface area contributed by atoms with E-state index >= 15 is 0 Å². The first-order valence-electron chi connectivity index (χ1n) is 5.28. The van der Waals surface area contributed by atoms with E-state index in [1.807, 2.05) is 22.6 Å². The number of carboxylic acids is 1. The summed E-state index contributed by atoms with van der Waals surface area (Å²) in [6.45, 7) is 0. The van der Waals surface area contributed by atoms with Gasteiger partial charge in [0.1, 0.15) is 9.32 Å². The fourth-order valence-electron chi connectivity index (χ4n) is 1.44. The minimum absolute atomic E-state index is 0.0862. The van der Waals surface area contributed by atoms with Gasteiger partial charge in [0.25, 0.3) is 5.56 Å². The van der Waals surface area contributed by atoms with Crippen LogP contribution in [0.1, 0.15) is 5.56 Å². The second-order valence-corrected chi connectivity index (χ2v) is 4.75. The predicted molar refractivity (Wildman–Crippen MR) is 75.4 cm³/mol. The Morgan fingerprint density at radius 1 is 1.47 bits per heavy atom. The normalized spacial score (nSPS) is 10.2. The Hall–Kier alpha value is -1.90. The molecule has 0 radical (unpaired) electrons. The molecule has 1 heterocycles. The Balaban J connectivity index is 2.26. The maximum atomic E-state index is 11.4. The van der Waals surface area contributed by atoms with Gasteiger partial charge in [0, 0.05) is 0 Å². The van der Waals surface area contributed by atoms with Crippen LogP contribution in [-0.2, 0) is 11.2 Å². The molecule has 19 heavy (non-hydrogen) atoms. The molecule has 0 aliphatic rings. The quantitative estimate of drug-likeness (QED) is 0.799. The van der Waals surface area contributed by atoms with Gasteiger partial charge in [-0.2, -0.15) is 0 Å². The number of aromatic amines is 1. The molecular weight excluding hydrogens is 363 g/mol. The third-order valence-corrected chi connectivity index (χ3v) is 3.18. The van der Waals surface area contributed by atoms with Crippen molar-refractivity contribution in [1.82, 2.24) is 9.97 Å². The number of nitrogens with zero attached hydrogens (tertiary/aromatic N) is 1. The van der Waals surface area contributed by atoms with Gasteiger partial charge in [0.05, 0.1) is 12.7 Å². The highest BCUT2D eigenvalue weighted by molar-refractivity contribution is 14.1. The molecule has 0 saturated carbocycles. The summed E-state index contributed by atoms with van der Waals surface area (Å²) in [5, 5.41) is 8.73. The molecule has 2 aromatic rings. The third kappa shape index (κ3) is 3.53. The van der Waals surface area contributed by atoms with Gasteiger partial charge in [-0.1, -0.05) is 12.1 Å². The zero-order chi connectivity index (χ0) is 13.8. The second-order valence-electron chi connectivity index (χ2n) is 3.67. The summed E-state index contributed by atoms with van der Waals surface area (Å²) in [5.74, 6) is -0.285. The van der Waals surface area contributed by atoms with E-state index in [1.54, 1.807) is 24.3 Å². The molecule has 0 aliphatic carbocycles. The van der Waals surface area contributed by atoms with Crippen LogP contribution >= 0.6 is 22.6 Å². The van der Waals surface area contributed by atoms with Gasteiger partial charge >= 0.3 is 5.97 Å². The van der Waals surface area contributed by atoms with Crippen molar-refractivity contribution in [2.24, 2.45) is 0 Å². The number of hydrogen-bond donors (Lipinski definition) is 2. The monoisotopic (exact) mass is 372 g/mol. The van der Waals surface area contributed by atoms with Crippen molar-refractivity contribution in [1.29, 1.82) is 0 Å². The van der Waals surface area contributed by atoms with Crippen LogP contribution in [0.25, 0.3) is 0 Å². The van der Waals surface area contributed by atoms with Gasteiger partial charge in [0.2, 0.25) is 5.88 Å². The minimum atomic E-state index is -0.916. The highest BCUT2D eigenvalue weighted by atomic mass is 127. The van der Waals surface area contributed by atoms with E-state index in [4.69, 9.17) is 9.84 Å². The number of carbonyl (C=O) groups is 1. The van der Waals surface area contributed by atoms with Crippen molar-refractivity contribution in [2.75, 3.05) is 0 Å². The van der Waals surface area contributed by atoms with E-state index in [2.05, 4.69) is 9.97 Å². The molecular formula is C12H9IN2O4. The molecule has 6 nitrogen and oxygen atoms in total. The Morgan fingerprint density at radius 3 is 3.00 bits per heavy atom. The average molecular weight is 372 g/mol. The summed E-state index contributed by atoms with van der Waals surface area (Å²) in [6.07, 6.45) is 1.16. The fourth-order valence-corrected chi connectivity index (χ4v) is 1.85. The van der Waals surface area contributed by atoms with Crippen molar-refractivity contribution < 1.29 is 14.6 Å². The lowest BCUT2D eigenvalue weighted by atomic mass is 10.1. The number of aromatic nitrogens is 2.